The van der Waals surface area contributed by atoms with Gasteiger partial charge in [-0.1, -0.05) is 29.8 Å². The first-order valence-electron chi connectivity index (χ1n) is 6.35. The van der Waals surface area contributed by atoms with E-state index in [-0.39, 0.29) is 0 Å². The van der Waals surface area contributed by atoms with E-state index in [1.807, 2.05) is 11.8 Å². The quantitative estimate of drug-likeness (QED) is 0.905. The highest BCUT2D eigenvalue weighted by atomic mass is 79.9. The summed E-state index contributed by atoms with van der Waals surface area (Å²) in [5, 5.41) is 3.62. The van der Waals surface area contributed by atoms with E-state index in [0.717, 1.165) is 18.0 Å². The molecule has 2 rings (SSSR count). The smallest absolute Gasteiger partial charge is 0.123 e. The summed E-state index contributed by atoms with van der Waals surface area (Å²) in [5.41, 5.74) is 2.72. The van der Waals surface area contributed by atoms with E-state index in [9.17, 15) is 0 Å². The van der Waals surface area contributed by atoms with Gasteiger partial charge in [-0.05, 0) is 35.9 Å². The van der Waals surface area contributed by atoms with E-state index in [0.29, 0.717) is 12.0 Å². The van der Waals surface area contributed by atoms with Crippen LogP contribution in [0.15, 0.2) is 16.6 Å². The minimum absolute atomic E-state index is 0.407. The average Bonchev–Trinajstić information content (AvgIpc) is 2.52. The van der Waals surface area contributed by atoms with Crippen molar-refractivity contribution in [2.75, 3.05) is 19.4 Å². The van der Waals surface area contributed by atoms with Gasteiger partial charge in [0.1, 0.15) is 5.75 Å². The van der Waals surface area contributed by atoms with Crippen LogP contribution in [-0.4, -0.2) is 19.4 Å². The average molecular weight is 330 g/mol. The second-order valence-electron chi connectivity index (χ2n) is 4.67. The highest BCUT2D eigenvalue weighted by molar-refractivity contribution is 9.10. The summed E-state index contributed by atoms with van der Waals surface area (Å²) in [6.07, 6.45) is 0. The van der Waals surface area contributed by atoms with Crippen molar-refractivity contribution in [2.24, 2.45) is 5.92 Å². The molecule has 2 unspecified atom stereocenters. The van der Waals surface area contributed by atoms with E-state index < -0.39 is 0 Å². The lowest BCUT2D eigenvalue weighted by Gasteiger charge is -2.25. The monoisotopic (exact) mass is 329 g/mol. The molecule has 0 radical (unpaired) electrons. The van der Waals surface area contributed by atoms with Crippen molar-refractivity contribution in [2.45, 2.75) is 25.6 Å². The molecular formula is C14H20BrNOS. The Morgan fingerprint density at radius 3 is 2.94 bits per heavy atom. The van der Waals surface area contributed by atoms with E-state index >= 15 is 0 Å². The van der Waals surface area contributed by atoms with Crippen LogP contribution in [0.4, 0.5) is 0 Å². The van der Waals surface area contributed by atoms with Crippen LogP contribution in [0.3, 0.4) is 0 Å². The molecule has 0 saturated carbocycles. The Kier molecular flexibility index (Phi) is 4.98. The SMILES string of the molecule is CCNC1c2c(Br)ccc(OC)c2CSCC1C. The van der Waals surface area contributed by atoms with Crippen molar-refractivity contribution in [1.29, 1.82) is 0 Å². The molecule has 1 N–H and O–H groups in total. The van der Waals surface area contributed by atoms with Gasteiger partial charge in [0.25, 0.3) is 0 Å². The van der Waals surface area contributed by atoms with E-state index in [4.69, 9.17) is 4.74 Å². The van der Waals surface area contributed by atoms with Gasteiger partial charge < -0.3 is 10.1 Å². The molecule has 0 fully saturated rings. The van der Waals surface area contributed by atoms with Gasteiger partial charge in [-0.3, -0.25) is 0 Å². The Morgan fingerprint density at radius 2 is 2.28 bits per heavy atom. The third-order valence-electron chi connectivity index (χ3n) is 3.41. The largest absolute Gasteiger partial charge is 0.496 e. The van der Waals surface area contributed by atoms with Gasteiger partial charge in [-0.15, -0.1) is 0 Å². The minimum atomic E-state index is 0.407. The molecular weight excluding hydrogens is 310 g/mol. The second kappa shape index (κ2) is 6.31. The van der Waals surface area contributed by atoms with Crippen molar-refractivity contribution in [3.8, 4) is 5.75 Å². The summed E-state index contributed by atoms with van der Waals surface area (Å²) in [7, 11) is 1.75. The first-order valence-corrected chi connectivity index (χ1v) is 8.30. The van der Waals surface area contributed by atoms with Crippen LogP contribution in [0.1, 0.15) is 31.0 Å². The van der Waals surface area contributed by atoms with Crippen molar-refractivity contribution in [3.05, 3.63) is 27.7 Å². The summed E-state index contributed by atoms with van der Waals surface area (Å²) >= 11 is 5.71. The van der Waals surface area contributed by atoms with Crippen molar-refractivity contribution in [3.63, 3.8) is 0 Å². The lowest BCUT2D eigenvalue weighted by atomic mass is 9.92. The number of rotatable bonds is 3. The zero-order valence-electron chi connectivity index (χ0n) is 11.1. The molecule has 0 aliphatic carbocycles. The molecule has 0 amide bonds. The lowest BCUT2D eigenvalue weighted by molar-refractivity contribution is 0.401. The van der Waals surface area contributed by atoms with Crippen LogP contribution in [-0.2, 0) is 5.75 Å². The first-order chi connectivity index (χ1) is 8.69. The number of methoxy groups -OCH3 is 1. The molecule has 1 heterocycles. The molecule has 2 nitrogen and oxygen atoms in total. The number of hydrogen-bond acceptors (Lipinski definition) is 3. The zero-order chi connectivity index (χ0) is 13.1. The Bertz CT molecular complexity index is 425. The van der Waals surface area contributed by atoms with Gasteiger partial charge in [0.15, 0.2) is 0 Å². The molecule has 1 aromatic carbocycles. The molecule has 2 atom stereocenters. The number of benzene rings is 1. The Morgan fingerprint density at radius 1 is 1.50 bits per heavy atom. The standard InChI is InChI=1S/C14H20BrNOS/c1-4-16-14-9(2)7-18-8-10-12(17-3)6-5-11(15)13(10)14/h5-6,9,14,16H,4,7-8H2,1-3H3. The molecule has 1 aliphatic heterocycles. The normalized spacial score (nSPS) is 23.3. The Labute approximate surface area is 122 Å². The Hall–Kier alpha value is -0.190. The van der Waals surface area contributed by atoms with Gasteiger partial charge >= 0.3 is 0 Å². The predicted octanol–water partition coefficient (Wildman–Crippen LogP) is 3.99. The topological polar surface area (TPSA) is 21.3 Å². The fourth-order valence-electron chi connectivity index (χ4n) is 2.54. The van der Waals surface area contributed by atoms with Crippen LogP contribution < -0.4 is 10.1 Å². The van der Waals surface area contributed by atoms with Crippen LogP contribution in [0.25, 0.3) is 0 Å². The van der Waals surface area contributed by atoms with E-state index in [1.165, 1.54) is 21.4 Å². The Balaban J connectivity index is 2.53. The van der Waals surface area contributed by atoms with Crippen molar-refractivity contribution < 1.29 is 4.74 Å². The predicted molar refractivity (Wildman–Crippen MR) is 82.4 cm³/mol. The summed E-state index contributed by atoms with van der Waals surface area (Å²) in [4.78, 5) is 0. The highest BCUT2D eigenvalue weighted by Crippen LogP contribution is 2.42. The number of halogens is 1. The molecule has 1 aliphatic rings. The third-order valence-corrected chi connectivity index (χ3v) is 5.36. The van der Waals surface area contributed by atoms with Crippen molar-refractivity contribution >= 4 is 27.7 Å². The molecule has 0 saturated heterocycles. The summed E-state index contributed by atoms with van der Waals surface area (Å²) < 4.78 is 6.72. The zero-order valence-corrected chi connectivity index (χ0v) is 13.5. The molecule has 1 aromatic rings. The van der Waals surface area contributed by atoms with Gasteiger partial charge in [-0.25, -0.2) is 0 Å². The fourth-order valence-corrected chi connectivity index (χ4v) is 4.35. The molecule has 0 bridgehead atoms. The number of thioether (sulfide) groups is 1. The minimum Gasteiger partial charge on any atom is -0.496 e. The lowest BCUT2D eigenvalue weighted by Crippen LogP contribution is -2.28. The number of hydrogen-bond donors (Lipinski definition) is 1. The van der Waals surface area contributed by atoms with Crippen LogP contribution in [0.2, 0.25) is 0 Å². The van der Waals surface area contributed by atoms with Crippen LogP contribution in [0, 0.1) is 5.92 Å². The number of nitrogens with one attached hydrogen (secondary N) is 1. The van der Waals surface area contributed by atoms with Crippen molar-refractivity contribution in [1.82, 2.24) is 5.32 Å². The van der Waals surface area contributed by atoms with E-state index in [1.54, 1.807) is 7.11 Å². The summed E-state index contributed by atoms with van der Waals surface area (Å²) in [6.45, 7) is 5.47. The molecule has 4 heteroatoms. The van der Waals surface area contributed by atoms with Gasteiger partial charge in [-0.2, -0.15) is 11.8 Å². The highest BCUT2D eigenvalue weighted by Gasteiger charge is 2.28. The third kappa shape index (κ3) is 2.70. The molecule has 0 aromatic heterocycles. The number of ether oxygens (including phenoxy) is 1. The molecule has 0 spiro atoms. The maximum atomic E-state index is 5.52. The van der Waals surface area contributed by atoms with E-state index in [2.05, 4.69) is 47.2 Å². The van der Waals surface area contributed by atoms with Gasteiger partial charge in [0.05, 0.1) is 7.11 Å². The van der Waals surface area contributed by atoms with Crippen LogP contribution in [0.5, 0.6) is 5.75 Å². The first kappa shape index (κ1) is 14.2. The van der Waals surface area contributed by atoms with Crippen LogP contribution >= 0.6 is 27.7 Å². The molecule has 18 heavy (non-hydrogen) atoms. The van der Waals surface area contributed by atoms with Gasteiger partial charge in [0.2, 0.25) is 0 Å². The second-order valence-corrected chi connectivity index (χ2v) is 6.55. The summed E-state index contributed by atoms with van der Waals surface area (Å²) in [6, 6.07) is 4.57. The summed E-state index contributed by atoms with van der Waals surface area (Å²) in [5.74, 6) is 3.85. The maximum absolute atomic E-state index is 5.52. The van der Waals surface area contributed by atoms with Gasteiger partial charge in [0, 0.05) is 21.8 Å². The number of fused-ring (bicyclic) bond motifs is 1. The fraction of sp³-hybridized carbons (Fsp3) is 0.571. The maximum Gasteiger partial charge on any atom is 0.123 e. The molecule has 100 valence electrons.